The van der Waals surface area contributed by atoms with Crippen LogP contribution < -0.4 is 16.4 Å². The van der Waals surface area contributed by atoms with Crippen LogP contribution in [0.2, 0.25) is 0 Å². The number of amides is 1. The zero-order chi connectivity index (χ0) is 18.7. The van der Waals surface area contributed by atoms with Gasteiger partial charge in [-0.2, -0.15) is 0 Å². The molecule has 0 heterocycles. The molecule has 0 aliphatic carbocycles. The van der Waals surface area contributed by atoms with Crippen LogP contribution in [0.25, 0.3) is 0 Å². The molecule has 5 N–H and O–H groups in total. The van der Waals surface area contributed by atoms with Crippen LogP contribution in [-0.4, -0.2) is 47.4 Å². The van der Waals surface area contributed by atoms with Gasteiger partial charge in [0, 0.05) is 19.0 Å². The molecule has 0 saturated heterocycles. The maximum atomic E-state index is 11.7. The topological polar surface area (TPSA) is 122 Å². The Bertz CT molecular complexity index is 413. The maximum absolute atomic E-state index is 11.7. The average Bonchev–Trinajstić information content (AvgIpc) is 2.50. The molecule has 24 heavy (non-hydrogen) atoms. The van der Waals surface area contributed by atoms with Crippen LogP contribution in [0.4, 0.5) is 0 Å². The van der Waals surface area contributed by atoms with Crippen LogP contribution in [0.3, 0.4) is 0 Å². The number of nitrogens with two attached hydrogens (primary N) is 1. The minimum absolute atomic E-state index is 0.108. The number of ketones is 1. The molecule has 0 aromatic rings. The molecule has 0 saturated carbocycles. The van der Waals surface area contributed by atoms with Gasteiger partial charge in [0.2, 0.25) is 5.91 Å². The Kier molecular flexibility index (Phi) is 11.2. The third kappa shape index (κ3) is 10.3. The monoisotopic (exact) mass is 343 g/mol. The molecular formula is C17H33N3O4. The molecule has 0 aromatic carbocycles. The fourth-order valence-corrected chi connectivity index (χ4v) is 2.11. The Morgan fingerprint density at radius 1 is 1.08 bits per heavy atom. The second-order valence-electron chi connectivity index (χ2n) is 6.69. The highest BCUT2D eigenvalue weighted by Crippen LogP contribution is 2.07. The summed E-state index contributed by atoms with van der Waals surface area (Å²) < 4.78 is 0. The lowest BCUT2D eigenvalue weighted by atomic mass is 10.0. The lowest BCUT2D eigenvalue weighted by Gasteiger charge is -2.24. The highest BCUT2D eigenvalue weighted by Gasteiger charge is 2.18. The van der Waals surface area contributed by atoms with Crippen LogP contribution >= 0.6 is 0 Å². The van der Waals surface area contributed by atoms with Gasteiger partial charge in [-0.1, -0.05) is 13.8 Å². The zero-order valence-corrected chi connectivity index (χ0v) is 15.3. The minimum Gasteiger partial charge on any atom is -0.480 e. The summed E-state index contributed by atoms with van der Waals surface area (Å²) in [6, 6.07) is -0.871. The van der Waals surface area contributed by atoms with Crippen molar-refractivity contribution in [2.45, 2.75) is 77.9 Å². The van der Waals surface area contributed by atoms with Gasteiger partial charge in [-0.05, 0) is 45.4 Å². The molecule has 0 unspecified atom stereocenters. The van der Waals surface area contributed by atoms with Gasteiger partial charge >= 0.3 is 5.97 Å². The Hall–Kier alpha value is -1.47. The van der Waals surface area contributed by atoms with E-state index in [4.69, 9.17) is 10.8 Å². The van der Waals surface area contributed by atoms with Crippen molar-refractivity contribution >= 4 is 17.7 Å². The Balaban J connectivity index is 3.91. The number of unbranched alkanes of at least 4 members (excludes halogenated alkanes) is 1. The molecule has 0 rings (SSSR count). The van der Waals surface area contributed by atoms with Gasteiger partial charge in [0.05, 0.1) is 6.04 Å². The predicted molar refractivity (Wildman–Crippen MR) is 93.6 cm³/mol. The summed E-state index contributed by atoms with van der Waals surface area (Å²) in [6.07, 6.45) is 2.59. The van der Waals surface area contributed by atoms with Gasteiger partial charge in [0.1, 0.15) is 11.8 Å². The third-order valence-electron chi connectivity index (χ3n) is 4.20. The molecule has 0 radical (unpaired) electrons. The largest absolute Gasteiger partial charge is 0.480 e. The normalized spacial score (nSPS) is 14.9. The quantitative estimate of drug-likeness (QED) is 0.371. The molecule has 1 amide bonds. The molecule has 3 atom stereocenters. The van der Waals surface area contributed by atoms with Gasteiger partial charge in [-0.3, -0.25) is 14.4 Å². The van der Waals surface area contributed by atoms with E-state index in [1.54, 1.807) is 6.92 Å². The van der Waals surface area contributed by atoms with Gasteiger partial charge in [-0.25, -0.2) is 0 Å². The second-order valence-corrected chi connectivity index (χ2v) is 6.69. The summed E-state index contributed by atoms with van der Waals surface area (Å²) in [5, 5.41) is 14.7. The smallest absolute Gasteiger partial charge is 0.320 e. The van der Waals surface area contributed by atoms with Crippen LogP contribution in [0.1, 0.15) is 59.8 Å². The number of aliphatic carboxylic acids is 1. The van der Waals surface area contributed by atoms with E-state index in [2.05, 4.69) is 31.4 Å². The third-order valence-corrected chi connectivity index (χ3v) is 4.20. The van der Waals surface area contributed by atoms with Crippen LogP contribution in [-0.2, 0) is 14.4 Å². The number of carbonyl (C=O) groups is 3. The van der Waals surface area contributed by atoms with Gasteiger partial charge < -0.3 is 21.5 Å². The summed E-state index contributed by atoms with van der Waals surface area (Å²) in [4.78, 5) is 33.8. The minimum atomic E-state index is -1.10. The average molecular weight is 343 g/mol. The van der Waals surface area contributed by atoms with E-state index in [0.717, 1.165) is 19.3 Å². The number of carboxylic acids is 1. The highest BCUT2D eigenvalue weighted by atomic mass is 16.4. The van der Waals surface area contributed by atoms with E-state index < -0.39 is 12.0 Å². The van der Waals surface area contributed by atoms with E-state index in [1.165, 1.54) is 0 Å². The number of hydrogen-bond donors (Lipinski definition) is 4. The Labute approximate surface area is 144 Å². The van der Waals surface area contributed by atoms with Crippen molar-refractivity contribution in [1.29, 1.82) is 0 Å². The first kappa shape index (κ1) is 22.5. The highest BCUT2D eigenvalue weighted by molar-refractivity contribution is 5.81. The number of rotatable bonds is 13. The first-order valence-electron chi connectivity index (χ1n) is 8.66. The van der Waals surface area contributed by atoms with Crippen molar-refractivity contribution in [1.82, 2.24) is 10.6 Å². The van der Waals surface area contributed by atoms with E-state index in [-0.39, 0.29) is 36.6 Å². The van der Waals surface area contributed by atoms with Gasteiger partial charge in [-0.15, -0.1) is 0 Å². The molecule has 7 heteroatoms. The molecule has 0 spiro atoms. The number of hydrogen-bond acceptors (Lipinski definition) is 5. The van der Waals surface area contributed by atoms with E-state index in [1.807, 2.05) is 0 Å². The summed E-state index contributed by atoms with van der Waals surface area (Å²) in [5.74, 6) is -0.694. The number of Topliss-reactive ketones (excluding diaryl/α,β-unsaturated/α-hetero) is 1. The summed E-state index contributed by atoms with van der Waals surface area (Å²) in [6.45, 7) is 8.41. The molecule has 7 nitrogen and oxygen atoms in total. The SMILES string of the molecule is CC(=O)[C@H](CCCCNC(=O)CC[C@H](N)C(=O)O)N[C@@H](C)C(C)C. The van der Waals surface area contributed by atoms with Crippen LogP contribution in [0.5, 0.6) is 0 Å². The molecule has 140 valence electrons. The lowest BCUT2D eigenvalue weighted by molar-refractivity contribution is -0.138. The first-order chi connectivity index (χ1) is 11.1. The predicted octanol–water partition coefficient (Wildman–Crippen LogP) is 1.06. The zero-order valence-electron chi connectivity index (χ0n) is 15.3. The fraction of sp³-hybridized carbons (Fsp3) is 0.824. The summed E-state index contributed by atoms with van der Waals surface area (Å²) in [5.41, 5.74) is 5.35. The van der Waals surface area contributed by atoms with Crippen molar-refractivity contribution in [2.24, 2.45) is 11.7 Å². The van der Waals surface area contributed by atoms with E-state index in [9.17, 15) is 14.4 Å². The second kappa shape index (κ2) is 12.0. The van der Waals surface area contributed by atoms with Crippen molar-refractivity contribution < 1.29 is 19.5 Å². The molecule has 0 aromatic heterocycles. The number of carboxylic acid groups (broad SMARTS) is 1. The maximum Gasteiger partial charge on any atom is 0.320 e. The van der Waals surface area contributed by atoms with Crippen molar-refractivity contribution in [3.8, 4) is 0 Å². The number of nitrogens with one attached hydrogen (secondary N) is 2. The number of carbonyl (C=O) groups excluding carboxylic acids is 2. The van der Waals surface area contributed by atoms with E-state index in [0.29, 0.717) is 12.5 Å². The summed E-state index contributed by atoms with van der Waals surface area (Å²) >= 11 is 0. The van der Waals surface area contributed by atoms with Crippen molar-refractivity contribution in [2.75, 3.05) is 6.54 Å². The molecule has 0 aliphatic rings. The Morgan fingerprint density at radius 3 is 2.21 bits per heavy atom. The fourth-order valence-electron chi connectivity index (χ4n) is 2.11. The first-order valence-corrected chi connectivity index (χ1v) is 8.66. The molecular weight excluding hydrogens is 310 g/mol. The lowest BCUT2D eigenvalue weighted by Crippen LogP contribution is -2.43. The van der Waals surface area contributed by atoms with Crippen molar-refractivity contribution in [3.05, 3.63) is 0 Å². The van der Waals surface area contributed by atoms with Gasteiger partial charge in [0.25, 0.3) is 0 Å². The van der Waals surface area contributed by atoms with E-state index >= 15 is 0 Å². The van der Waals surface area contributed by atoms with Crippen LogP contribution in [0, 0.1) is 5.92 Å². The van der Waals surface area contributed by atoms with Crippen LogP contribution in [0.15, 0.2) is 0 Å². The molecule has 0 bridgehead atoms. The Morgan fingerprint density at radius 2 is 1.71 bits per heavy atom. The standard InChI is InChI=1S/C17H33N3O4/c1-11(2)12(3)20-15(13(4)21)7-5-6-10-19-16(22)9-8-14(18)17(23)24/h11-12,14-15,20H,5-10,18H2,1-4H3,(H,19,22)(H,23,24)/t12-,14-,15-/m0/s1. The molecule has 0 aliphatic heterocycles. The molecule has 0 fully saturated rings. The van der Waals surface area contributed by atoms with Crippen molar-refractivity contribution in [3.63, 3.8) is 0 Å². The summed E-state index contributed by atoms with van der Waals surface area (Å²) in [7, 11) is 0. The van der Waals surface area contributed by atoms with Gasteiger partial charge in [0.15, 0.2) is 0 Å².